The average Bonchev–Trinajstić information content (AvgIpc) is 2.80. The van der Waals surface area contributed by atoms with Crippen molar-refractivity contribution >= 4 is 11.8 Å². The summed E-state index contributed by atoms with van der Waals surface area (Å²) in [5, 5.41) is 3.31. The van der Waals surface area contributed by atoms with Crippen molar-refractivity contribution in [3.8, 4) is 0 Å². The molecule has 1 atom stereocenters. The molecule has 0 aromatic heterocycles. The number of hydrogen-bond donors (Lipinski definition) is 1. The third-order valence-corrected chi connectivity index (χ3v) is 4.58. The molecule has 4 nitrogen and oxygen atoms in total. The lowest BCUT2D eigenvalue weighted by Crippen LogP contribution is -2.52. The first-order valence-corrected chi connectivity index (χ1v) is 7.43. The van der Waals surface area contributed by atoms with E-state index in [0.717, 1.165) is 0 Å². The first-order chi connectivity index (χ1) is 8.93. The second-order valence-corrected chi connectivity index (χ2v) is 6.86. The Bertz CT molecular complexity index is 339. The highest BCUT2D eigenvalue weighted by Crippen LogP contribution is 2.33. The number of rotatable bonds is 4. The Hall–Kier alpha value is -0.900. The first kappa shape index (κ1) is 14.5. The maximum atomic E-state index is 12.2. The van der Waals surface area contributed by atoms with E-state index >= 15 is 0 Å². The summed E-state index contributed by atoms with van der Waals surface area (Å²) < 4.78 is 0. The van der Waals surface area contributed by atoms with Gasteiger partial charge in [0.05, 0.1) is 0 Å². The van der Waals surface area contributed by atoms with Crippen LogP contribution in [-0.4, -0.2) is 36.3 Å². The predicted molar refractivity (Wildman–Crippen MR) is 74.5 cm³/mol. The van der Waals surface area contributed by atoms with Crippen LogP contribution in [0.2, 0.25) is 0 Å². The molecule has 1 unspecified atom stereocenters. The molecule has 1 saturated carbocycles. The average molecular weight is 266 g/mol. The van der Waals surface area contributed by atoms with Gasteiger partial charge in [-0.2, -0.15) is 0 Å². The van der Waals surface area contributed by atoms with Crippen LogP contribution in [0.15, 0.2) is 0 Å². The van der Waals surface area contributed by atoms with Gasteiger partial charge in [0.15, 0.2) is 0 Å². The van der Waals surface area contributed by atoms with Gasteiger partial charge in [0.25, 0.3) is 0 Å². The van der Waals surface area contributed by atoms with Crippen LogP contribution < -0.4 is 5.32 Å². The molecular weight excluding hydrogens is 240 g/mol. The lowest BCUT2D eigenvalue weighted by atomic mass is 9.81. The number of carbonyl (C=O) groups is 2. The van der Waals surface area contributed by atoms with Crippen molar-refractivity contribution in [1.82, 2.24) is 10.2 Å². The molecule has 1 heterocycles. The smallest absolute Gasteiger partial charge is 0.229 e. The summed E-state index contributed by atoms with van der Waals surface area (Å²) >= 11 is 0. The Labute approximate surface area is 115 Å². The number of piperidine rings is 1. The number of likely N-dealkylation sites (tertiary alicyclic amines) is 1. The fraction of sp³-hybridized carbons (Fsp3) is 0.867. The maximum absolute atomic E-state index is 12.2. The van der Waals surface area contributed by atoms with Gasteiger partial charge in [-0.1, -0.05) is 26.7 Å². The molecule has 2 amide bonds. The molecule has 1 aliphatic carbocycles. The molecule has 19 heavy (non-hydrogen) atoms. The van der Waals surface area contributed by atoms with E-state index in [1.807, 2.05) is 20.9 Å². The van der Waals surface area contributed by atoms with E-state index in [2.05, 4.69) is 5.32 Å². The molecule has 0 aromatic rings. The summed E-state index contributed by atoms with van der Waals surface area (Å²) in [7, 11) is 1.94. The summed E-state index contributed by atoms with van der Waals surface area (Å²) in [6.07, 6.45) is 5.95. The van der Waals surface area contributed by atoms with E-state index < -0.39 is 0 Å². The molecule has 0 radical (unpaired) electrons. The number of imide groups is 1. The van der Waals surface area contributed by atoms with E-state index in [9.17, 15) is 9.59 Å². The van der Waals surface area contributed by atoms with Gasteiger partial charge >= 0.3 is 0 Å². The van der Waals surface area contributed by atoms with Gasteiger partial charge in [-0.15, -0.1) is 0 Å². The van der Waals surface area contributed by atoms with Gasteiger partial charge in [0.2, 0.25) is 11.8 Å². The lowest BCUT2D eigenvalue weighted by Gasteiger charge is -2.37. The standard InChI is InChI=1S/C15H26N2O2/c1-15(2)8-13(18)17(14(19)9-15)10-12(16-3)11-6-4-5-7-11/h11-12,16H,4-10H2,1-3H3. The predicted octanol–water partition coefficient (Wildman–Crippen LogP) is 1.94. The molecule has 0 aromatic carbocycles. The highest BCUT2D eigenvalue weighted by atomic mass is 16.2. The van der Waals surface area contributed by atoms with Gasteiger partial charge in [0.1, 0.15) is 0 Å². The Morgan fingerprint density at radius 2 is 1.74 bits per heavy atom. The van der Waals surface area contributed by atoms with Crippen LogP contribution in [0.25, 0.3) is 0 Å². The molecule has 108 valence electrons. The Morgan fingerprint density at radius 3 is 2.21 bits per heavy atom. The molecule has 2 rings (SSSR count). The van der Waals surface area contributed by atoms with Gasteiger partial charge in [0, 0.05) is 25.4 Å². The minimum Gasteiger partial charge on any atom is -0.315 e. The van der Waals surface area contributed by atoms with Crippen molar-refractivity contribution < 1.29 is 9.59 Å². The zero-order valence-electron chi connectivity index (χ0n) is 12.4. The summed E-state index contributed by atoms with van der Waals surface area (Å²) in [6.45, 7) is 4.54. The van der Waals surface area contributed by atoms with Crippen LogP contribution in [-0.2, 0) is 9.59 Å². The van der Waals surface area contributed by atoms with Crippen LogP contribution in [0.5, 0.6) is 0 Å². The minimum absolute atomic E-state index is 0.000466. The molecule has 1 N–H and O–H groups in total. The highest BCUT2D eigenvalue weighted by Gasteiger charge is 2.39. The minimum atomic E-state index is -0.173. The van der Waals surface area contributed by atoms with Crippen LogP contribution in [0.1, 0.15) is 52.4 Å². The fourth-order valence-corrected chi connectivity index (χ4v) is 3.45. The summed E-state index contributed by atoms with van der Waals surface area (Å²) in [6, 6.07) is 0.261. The van der Waals surface area contributed by atoms with Crippen LogP contribution >= 0.6 is 0 Å². The van der Waals surface area contributed by atoms with E-state index in [4.69, 9.17) is 0 Å². The molecule has 1 saturated heterocycles. The fourth-order valence-electron chi connectivity index (χ4n) is 3.45. The van der Waals surface area contributed by atoms with Crippen molar-refractivity contribution in [2.45, 2.75) is 58.4 Å². The normalized spacial score (nSPS) is 25.9. The van der Waals surface area contributed by atoms with Crippen molar-refractivity contribution in [2.75, 3.05) is 13.6 Å². The summed E-state index contributed by atoms with van der Waals surface area (Å²) in [5.74, 6) is 0.611. The third kappa shape index (κ3) is 3.35. The van der Waals surface area contributed by atoms with E-state index in [0.29, 0.717) is 25.3 Å². The van der Waals surface area contributed by atoms with Crippen LogP contribution in [0.3, 0.4) is 0 Å². The second-order valence-electron chi connectivity index (χ2n) is 6.86. The number of hydrogen-bond acceptors (Lipinski definition) is 3. The summed E-state index contributed by atoms with van der Waals surface area (Å²) in [4.78, 5) is 25.8. The van der Waals surface area contributed by atoms with Gasteiger partial charge in [-0.05, 0) is 31.2 Å². The van der Waals surface area contributed by atoms with E-state index in [1.165, 1.54) is 30.6 Å². The van der Waals surface area contributed by atoms with E-state index in [1.54, 1.807) is 0 Å². The Kier molecular flexibility index (Phi) is 4.29. The van der Waals surface area contributed by atoms with Gasteiger partial charge in [-0.3, -0.25) is 14.5 Å². The monoisotopic (exact) mass is 266 g/mol. The van der Waals surface area contributed by atoms with E-state index in [-0.39, 0.29) is 23.3 Å². The molecule has 2 fully saturated rings. The topological polar surface area (TPSA) is 49.4 Å². The molecule has 1 aliphatic heterocycles. The van der Waals surface area contributed by atoms with Crippen molar-refractivity contribution in [3.05, 3.63) is 0 Å². The largest absolute Gasteiger partial charge is 0.315 e. The van der Waals surface area contributed by atoms with Gasteiger partial charge in [-0.25, -0.2) is 0 Å². The van der Waals surface area contributed by atoms with Crippen molar-refractivity contribution in [1.29, 1.82) is 0 Å². The zero-order valence-corrected chi connectivity index (χ0v) is 12.4. The molecule has 2 aliphatic rings. The zero-order chi connectivity index (χ0) is 14.0. The molecular formula is C15H26N2O2. The number of nitrogens with one attached hydrogen (secondary N) is 1. The third-order valence-electron chi connectivity index (χ3n) is 4.58. The number of likely N-dealkylation sites (N-methyl/N-ethyl adjacent to an activating group) is 1. The second kappa shape index (κ2) is 5.61. The SMILES string of the molecule is CNC(CN1C(=O)CC(C)(C)CC1=O)C1CCCC1. The van der Waals surface area contributed by atoms with Crippen molar-refractivity contribution in [2.24, 2.45) is 11.3 Å². The van der Waals surface area contributed by atoms with Crippen molar-refractivity contribution in [3.63, 3.8) is 0 Å². The molecule has 4 heteroatoms. The summed E-state index contributed by atoms with van der Waals surface area (Å²) in [5.41, 5.74) is -0.173. The number of amides is 2. The molecule has 0 spiro atoms. The first-order valence-electron chi connectivity index (χ1n) is 7.43. The number of nitrogens with zero attached hydrogens (tertiary/aromatic N) is 1. The van der Waals surface area contributed by atoms with Crippen LogP contribution in [0.4, 0.5) is 0 Å². The Morgan fingerprint density at radius 1 is 1.21 bits per heavy atom. The number of carbonyl (C=O) groups excluding carboxylic acids is 2. The molecule has 0 bridgehead atoms. The van der Waals surface area contributed by atoms with Gasteiger partial charge < -0.3 is 5.32 Å². The van der Waals surface area contributed by atoms with Crippen LogP contribution in [0, 0.1) is 11.3 Å². The Balaban J connectivity index is 2.00. The maximum Gasteiger partial charge on any atom is 0.229 e. The lowest BCUT2D eigenvalue weighted by molar-refractivity contribution is -0.153. The highest BCUT2D eigenvalue weighted by molar-refractivity contribution is 5.98. The quantitative estimate of drug-likeness (QED) is 0.791.